The first-order valence-electron chi connectivity index (χ1n) is 9.71. The average Bonchev–Trinajstić information content (AvgIpc) is 3.13. The van der Waals surface area contributed by atoms with Crippen molar-refractivity contribution in [2.24, 2.45) is 0 Å². The fourth-order valence-electron chi connectivity index (χ4n) is 3.78. The summed E-state index contributed by atoms with van der Waals surface area (Å²) in [6, 6.07) is 7.08. The second-order valence-corrected chi connectivity index (χ2v) is 7.33. The zero-order valence-electron chi connectivity index (χ0n) is 16.3. The minimum Gasteiger partial charge on any atom is -0.474 e. The molecule has 0 radical (unpaired) electrons. The summed E-state index contributed by atoms with van der Waals surface area (Å²) in [7, 11) is 0. The molecule has 0 N–H and O–H groups in total. The molecule has 5 rings (SSSR count). The van der Waals surface area contributed by atoms with Crippen LogP contribution in [0.3, 0.4) is 0 Å². The molecule has 1 aromatic carbocycles. The third kappa shape index (κ3) is 3.23. The molecule has 0 amide bonds. The van der Waals surface area contributed by atoms with E-state index in [9.17, 15) is 5.26 Å². The first-order chi connectivity index (χ1) is 14.6. The maximum absolute atomic E-state index is 15.2. The largest absolute Gasteiger partial charge is 0.474 e. The molecular formula is C22H18FN5O2. The maximum Gasteiger partial charge on any atom is 0.227 e. The van der Waals surface area contributed by atoms with E-state index in [0.29, 0.717) is 41.1 Å². The van der Waals surface area contributed by atoms with E-state index in [4.69, 9.17) is 9.47 Å². The lowest BCUT2D eigenvalue weighted by molar-refractivity contribution is 0.0243. The van der Waals surface area contributed by atoms with Gasteiger partial charge in [-0.2, -0.15) is 5.26 Å². The van der Waals surface area contributed by atoms with Crippen molar-refractivity contribution in [1.82, 2.24) is 19.4 Å². The van der Waals surface area contributed by atoms with Gasteiger partial charge >= 0.3 is 0 Å². The molecule has 3 aromatic heterocycles. The number of halogens is 1. The highest BCUT2D eigenvalue weighted by Crippen LogP contribution is 2.32. The van der Waals surface area contributed by atoms with Gasteiger partial charge in [-0.15, -0.1) is 0 Å². The number of rotatable bonds is 3. The predicted octanol–water partition coefficient (Wildman–Crippen LogP) is 3.82. The van der Waals surface area contributed by atoms with Gasteiger partial charge in [-0.3, -0.25) is 0 Å². The molecule has 4 aromatic rings. The second-order valence-electron chi connectivity index (χ2n) is 7.33. The first-order valence-corrected chi connectivity index (χ1v) is 9.71. The van der Waals surface area contributed by atoms with Crippen LogP contribution in [-0.2, 0) is 4.74 Å². The van der Waals surface area contributed by atoms with Crippen LogP contribution in [0.1, 0.15) is 24.1 Å². The molecule has 150 valence electrons. The number of nitrogens with zero attached hydrogens (tertiary/aromatic N) is 5. The van der Waals surface area contributed by atoms with E-state index in [1.165, 1.54) is 12.4 Å². The van der Waals surface area contributed by atoms with Crippen molar-refractivity contribution in [2.45, 2.75) is 25.9 Å². The quantitative estimate of drug-likeness (QED) is 0.517. The van der Waals surface area contributed by atoms with Gasteiger partial charge in [0.25, 0.3) is 0 Å². The number of aryl methyl sites for hydroxylation is 1. The summed E-state index contributed by atoms with van der Waals surface area (Å²) in [6.45, 7) is 3.11. The highest BCUT2D eigenvalue weighted by atomic mass is 19.1. The van der Waals surface area contributed by atoms with Gasteiger partial charge in [0.15, 0.2) is 5.65 Å². The minimum absolute atomic E-state index is 0.0546. The van der Waals surface area contributed by atoms with Crippen LogP contribution < -0.4 is 4.74 Å². The standard InChI is InChI=1S/C22H18FN5O2/c1-13-10-28-11-16(6-15(9-24)21(28)27-13)14-7-18(23)20-19(8-14)25-12-26-22(20)30-17-2-4-29-5-3-17/h6-8,10-12,17H,2-5H2,1H3. The average molecular weight is 403 g/mol. The number of hydrogen-bond acceptors (Lipinski definition) is 6. The van der Waals surface area contributed by atoms with Crippen LogP contribution in [0.2, 0.25) is 0 Å². The zero-order chi connectivity index (χ0) is 20.7. The summed E-state index contributed by atoms with van der Waals surface area (Å²) in [6.07, 6.45) is 6.47. The molecule has 1 saturated heterocycles. The predicted molar refractivity (Wildman–Crippen MR) is 108 cm³/mol. The number of imidazole rings is 1. The Labute approximate surface area is 171 Å². The molecule has 30 heavy (non-hydrogen) atoms. The van der Waals surface area contributed by atoms with Crippen molar-refractivity contribution >= 4 is 16.6 Å². The van der Waals surface area contributed by atoms with E-state index in [1.54, 1.807) is 16.5 Å². The Morgan fingerprint density at radius 2 is 2.00 bits per heavy atom. The van der Waals surface area contributed by atoms with Crippen LogP contribution in [0.15, 0.2) is 36.9 Å². The number of hydrogen-bond donors (Lipinski definition) is 0. The summed E-state index contributed by atoms with van der Waals surface area (Å²) in [5.74, 6) is -0.222. The van der Waals surface area contributed by atoms with Crippen molar-refractivity contribution < 1.29 is 13.9 Å². The van der Waals surface area contributed by atoms with Crippen LogP contribution in [0.25, 0.3) is 27.7 Å². The highest BCUT2D eigenvalue weighted by Gasteiger charge is 2.20. The van der Waals surface area contributed by atoms with E-state index in [2.05, 4.69) is 21.0 Å². The topological polar surface area (TPSA) is 85.3 Å². The van der Waals surface area contributed by atoms with Crippen LogP contribution in [0.5, 0.6) is 5.88 Å². The second kappa shape index (κ2) is 7.35. The lowest BCUT2D eigenvalue weighted by Gasteiger charge is -2.23. The minimum atomic E-state index is -0.467. The van der Waals surface area contributed by atoms with Crippen molar-refractivity contribution in [3.63, 3.8) is 0 Å². The van der Waals surface area contributed by atoms with Crippen LogP contribution >= 0.6 is 0 Å². The normalized spacial score (nSPS) is 14.8. The van der Waals surface area contributed by atoms with Gasteiger partial charge < -0.3 is 13.9 Å². The monoisotopic (exact) mass is 403 g/mol. The highest BCUT2D eigenvalue weighted by molar-refractivity contribution is 5.88. The molecule has 0 spiro atoms. The summed E-state index contributed by atoms with van der Waals surface area (Å²) in [4.78, 5) is 12.8. The molecule has 8 heteroatoms. The Morgan fingerprint density at radius 1 is 1.17 bits per heavy atom. The number of benzene rings is 1. The molecule has 0 saturated carbocycles. The Bertz CT molecular complexity index is 1300. The summed E-state index contributed by atoms with van der Waals surface area (Å²) < 4.78 is 28.3. The smallest absolute Gasteiger partial charge is 0.227 e. The maximum atomic E-state index is 15.2. The number of fused-ring (bicyclic) bond motifs is 2. The van der Waals surface area contributed by atoms with E-state index < -0.39 is 5.82 Å². The fraction of sp³-hybridized carbons (Fsp3) is 0.273. The van der Waals surface area contributed by atoms with E-state index >= 15 is 4.39 Å². The Balaban J connectivity index is 1.60. The molecule has 1 aliphatic rings. The number of pyridine rings is 1. The van der Waals surface area contributed by atoms with Gasteiger partial charge in [0.1, 0.15) is 24.3 Å². The van der Waals surface area contributed by atoms with Crippen LogP contribution in [-0.4, -0.2) is 38.7 Å². The number of aromatic nitrogens is 4. The molecule has 4 heterocycles. The molecule has 0 aliphatic carbocycles. The molecule has 0 unspecified atom stereocenters. The molecule has 0 atom stereocenters. The first kappa shape index (κ1) is 18.5. The van der Waals surface area contributed by atoms with Crippen molar-refractivity contribution in [1.29, 1.82) is 5.26 Å². The van der Waals surface area contributed by atoms with Crippen molar-refractivity contribution in [3.05, 3.63) is 54.0 Å². The van der Waals surface area contributed by atoms with E-state index in [-0.39, 0.29) is 17.4 Å². The molecule has 1 aliphatic heterocycles. The third-order valence-electron chi connectivity index (χ3n) is 5.23. The molecular weight excluding hydrogens is 385 g/mol. The Kier molecular flexibility index (Phi) is 4.52. The van der Waals surface area contributed by atoms with Gasteiger partial charge in [-0.1, -0.05) is 0 Å². The zero-order valence-corrected chi connectivity index (χ0v) is 16.3. The lowest BCUT2D eigenvalue weighted by atomic mass is 10.0. The summed E-state index contributed by atoms with van der Waals surface area (Å²) in [5, 5.41) is 9.77. The Hall–Kier alpha value is -3.57. The SMILES string of the molecule is Cc1cn2cc(-c3cc(F)c4c(OC5CCOCC5)ncnc4c3)cc(C#N)c2n1. The van der Waals surface area contributed by atoms with Crippen LogP contribution in [0, 0.1) is 24.1 Å². The fourth-order valence-corrected chi connectivity index (χ4v) is 3.78. The molecule has 1 fully saturated rings. The molecule has 7 nitrogen and oxygen atoms in total. The van der Waals surface area contributed by atoms with E-state index in [0.717, 1.165) is 18.5 Å². The van der Waals surface area contributed by atoms with Gasteiger partial charge in [0, 0.05) is 25.2 Å². The third-order valence-corrected chi connectivity index (χ3v) is 5.23. The number of ether oxygens (including phenoxy) is 2. The number of nitriles is 1. The van der Waals surface area contributed by atoms with Gasteiger partial charge in [0.05, 0.1) is 35.4 Å². The lowest BCUT2D eigenvalue weighted by Crippen LogP contribution is -2.26. The van der Waals surface area contributed by atoms with Gasteiger partial charge in [-0.25, -0.2) is 19.3 Å². The van der Waals surface area contributed by atoms with Gasteiger partial charge in [0.2, 0.25) is 5.88 Å². The summed E-state index contributed by atoms with van der Waals surface area (Å²) in [5.41, 5.74) is 3.56. The van der Waals surface area contributed by atoms with E-state index in [1.807, 2.05) is 19.3 Å². The van der Waals surface area contributed by atoms with Crippen molar-refractivity contribution in [3.8, 4) is 23.1 Å². The van der Waals surface area contributed by atoms with Crippen molar-refractivity contribution in [2.75, 3.05) is 13.2 Å². The van der Waals surface area contributed by atoms with Crippen LogP contribution in [0.4, 0.5) is 4.39 Å². The van der Waals surface area contributed by atoms with Gasteiger partial charge in [-0.05, 0) is 36.2 Å². The Morgan fingerprint density at radius 3 is 2.80 bits per heavy atom. The molecule has 0 bridgehead atoms. The summed E-state index contributed by atoms with van der Waals surface area (Å²) >= 11 is 0.